The molecule has 3 aromatic rings. The highest BCUT2D eigenvalue weighted by atomic mass is 35.5. The Balaban J connectivity index is 1.90. The van der Waals surface area contributed by atoms with Gasteiger partial charge in [0.2, 0.25) is 5.82 Å². The van der Waals surface area contributed by atoms with Gasteiger partial charge in [0.15, 0.2) is 0 Å². The maximum Gasteiger partial charge on any atom is 0.573 e. The van der Waals surface area contributed by atoms with E-state index in [0.29, 0.717) is 10.6 Å². The van der Waals surface area contributed by atoms with Crippen LogP contribution >= 0.6 is 11.6 Å². The van der Waals surface area contributed by atoms with Crippen molar-refractivity contribution in [1.29, 1.82) is 0 Å². The van der Waals surface area contributed by atoms with Crippen LogP contribution in [0.3, 0.4) is 0 Å². The summed E-state index contributed by atoms with van der Waals surface area (Å²) in [7, 11) is 0. The molecule has 0 saturated carbocycles. The molecule has 1 aromatic heterocycles. The summed E-state index contributed by atoms with van der Waals surface area (Å²) < 4.78 is 46.1. The van der Waals surface area contributed by atoms with Crippen molar-refractivity contribution in [1.82, 2.24) is 15.0 Å². The van der Waals surface area contributed by atoms with E-state index in [0.717, 1.165) is 12.1 Å². The molecule has 0 spiro atoms. The summed E-state index contributed by atoms with van der Waals surface area (Å²) in [6.45, 7) is 0.302. The van der Waals surface area contributed by atoms with Gasteiger partial charge in [-0.2, -0.15) is 4.98 Å². The summed E-state index contributed by atoms with van der Waals surface area (Å²) in [4.78, 5) is 18.5. The quantitative estimate of drug-likeness (QED) is 0.501. The number of carbonyl (C=O) groups excluding carboxylic acids is 1. The lowest BCUT2D eigenvalue weighted by molar-refractivity contribution is -0.274. The Morgan fingerprint density at radius 3 is 2.30 bits per heavy atom. The van der Waals surface area contributed by atoms with E-state index in [1.54, 1.807) is 0 Å². The van der Waals surface area contributed by atoms with Gasteiger partial charge in [-0.1, -0.05) is 16.8 Å². The zero-order chi connectivity index (χ0) is 24.2. The Kier molecular flexibility index (Phi) is 7.25. The van der Waals surface area contributed by atoms with Crippen molar-refractivity contribution in [3.05, 3.63) is 65.0 Å². The molecule has 0 fully saturated rings. The van der Waals surface area contributed by atoms with E-state index in [4.69, 9.17) is 16.1 Å². The minimum Gasteiger partial charge on any atom is -0.406 e. The third-order valence-electron chi connectivity index (χ3n) is 4.80. The van der Waals surface area contributed by atoms with Crippen LogP contribution in [0.4, 0.5) is 13.2 Å². The standard InChI is InChI=1S/C21H19ClF3N3O5/c1-20(12-30,28(10-11-29)18(31)14-2-6-15(22)7-3-14)19-26-17(27-33-19)13-4-8-16(9-5-13)32-21(23,24)25/h2-9,29-30H,10-12H2,1H3/t20-/m1/s1. The van der Waals surface area contributed by atoms with E-state index < -0.39 is 36.8 Å². The summed E-state index contributed by atoms with van der Waals surface area (Å²) in [5.74, 6) is -1.05. The second-order valence-corrected chi connectivity index (χ2v) is 7.55. The van der Waals surface area contributed by atoms with Crippen molar-refractivity contribution < 1.29 is 37.4 Å². The number of halogens is 4. The predicted octanol–water partition coefficient (Wildman–Crippen LogP) is 3.63. The van der Waals surface area contributed by atoms with Gasteiger partial charge in [0, 0.05) is 22.7 Å². The number of alkyl halides is 3. The number of hydrogen-bond acceptors (Lipinski definition) is 7. The highest BCUT2D eigenvalue weighted by Crippen LogP contribution is 2.31. The van der Waals surface area contributed by atoms with Crippen LogP contribution in [0.15, 0.2) is 53.1 Å². The molecule has 0 aliphatic heterocycles. The molecular formula is C21H19ClF3N3O5. The van der Waals surface area contributed by atoms with E-state index in [2.05, 4.69) is 14.9 Å². The average molecular weight is 486 g/mol. The molecule has 176 valence electrons. The fourth-order valence-corrected chi connectivity index (χ4v) is 3.18. The molecule has 12 heteroatoms. The molecule has 8 nitrogen and oxygen atoms in total. The van der Waals surface area contributed by atoms with Crippen molar-refractivity contribution in [3.8, 4) is 17.1 Å². The minimum atomic E-state index is -4.82. The summed E-state index contributed by atoms with van der Waals surface area (Å²) in [6.07, 6.45) is -4.82. The maximum absolute atomic E-state index is 13.1. The molecule has 1 atom stereocenters. The van der Waals surface area contributed by atoms with Gasteiger partial charge in [0.1, 0.15) is 11.3 Å². The van der Waals surface area contributed by atoms with E-state index in [1.165, 1.54) is 48.2 Å². The van der Waals surface area contributed by atoms with Gasteiger partial charge in [-0.05, 0) is 55.5 Å². The number of benzene rings is 2. The van der Waals surface area contributed by atoms with Gasteiger partial charge in [0.25, 0.3) is 11.8 Å². The van der Waals surface area contributed by atoms with Gasteiger partial charge < -0.3 is 24.4 Å². The van der Waals surface area contributed by atoms with E-state index >= 15 is 0 Å². The number of nitrogens with zero attached hydrogens (tertiary/aromatic N) is 3. The topological polar surface area (TPSA) is 109 Å². The SMILES string of the molecule is C[C@@](CO)(c1nc(-c2ccc(OC(F)(F)F)cc2)no1)N(CCO)C(=O)c1ccc(Cl)cc1. The van der Waals surface area contributed by atoms with Gasteiger partial charge in [-0.3, -0.25) is 4.79 Å². The number of aromatic nitrogens is 2. The van der Waals surface area contributed by atoms with Gasteiger partial charge in [-0.15, -0.1) is 13.2 Å². The molecule has 2 aromatic carbocycles. The highest BCUT2D eigenvalue weighted by Gasteiger charge is 2.42. The number of carbonyl (C=O) groups is 1. The van der Waals surface area contributed by atoms with Crippen molar-refractivity contribution in [2.24, 2.45) is 0 Å². The number of rotatable bonds is 8. The fourth-order valence-electron chi connectivity index (χ4n) is 3.05. The average Bonchev–Trinajstić information content (AvgIpc) is 3.27. The third-order valence-corrected chi connectivity index (χ3v) is 5.05. The lowest BCUT2D eigenvalue weighted by Crippen LogP contribution is -2.51. The molecule has 33 heavy (non-hydrogen) atoms. The van der Waals surface area contributed by atoms with Crippen LogP contribution in [-0.2, 0) is 5.54 Å². The summed E-state index contributed by atoms with van der Waals surface area (Å²) in [6, 6.07) is 10.8. The number of hydrogen-bond donors (Lipinski definition) is 2. The molecule has 1 amide bonds. The van der Waals surface area contributed by atoms with Crippen molar-refractivity contribution in [2.45, 2.75) is 18.8 Å². The molecule has 2 N–H and O–H groups in total. The first kappa shape index (κ1) is 24.5. The Bertz CT molecular complexity index is 1090. The molecule has 0 saturated heterocycles. The predicted molar refractivity (Wildman–Crippen MR) is 110 cm³/mol. The number of ether oxygens (including phenoxy) is 1. The van der Waals surface area contributed by atoms with Crippen molar-refractivity contribution >= 4 is 17.5 Å². The van der Waals surface area contributed by atoms with E-state index in [9.17, 15) is 28.2 Å². The first-order valence-electron chi connectivity index (χ1n) is 9.57. The van der Waals surface area contributed by atoms with Gasteiger partial charge in [0.05, 0.1) is 13.2 Å². The smallest absolute Gasteiger partial charge is 0.406 e. The van der Waals surface area contributed by atoms with Crippen LogP contribution in [0.1, 0.15) is 23.2 Å². The Morgan fingerprint density at radius 2 is 1.76 bits per heavy atom. The molecule has 0 aliphatic rings. The fraction of sp³-hybridized carbons (Fsp3) is 0.286. The summed E-state index contributed by atoms with van der Waals surface area (Å²) in [5.41, 5.74) is -0.936. The normalized spacial score (nSPS) is 13.4. The Labute approximate surface area is 191 Å². The van der Waals surface area contributed by atoms with Crippen LogP contribution in [0.5, 0.6) is 5.75 Å². The molecule has 0 bridgehead atoms. The van der Waals surface area contributed by atoms with Crippen LogP contribution in [0, 0.1) is 0 Å². The minimum absolute atomic E-state index is 0.0196. The lowest BCUT2D eigenvalue weighted by Gasteiger charge is -2.36. The third kappa shape index (κ3) is 5.62. The number of amides is 1. The first-order chi connectivity index (χ1) is 15.6. The maximum atomic E-state index is 13.1. The molecule has 1 heterocycles. The molecule has 0 unspecified atom stereocenters. The van der Waals surface area contributed by atoms with Crippen LogP contribution in [-0.4, -0.2) is 57.3 Å². The monoisotopic (exact) mass is 485 g/mol. The molecule has 0 radical (unpaired) electrons. The van der Waals surface area contributed by atoms with Crippen molar-refractivity contribution in [3.63, 3.8) is 0 Å². The number of aliphatic hydroxyl groups is 2. The Hall–Kier alpha value is -3.15. The highest BCUT2D eigenvalue weighted by molar-refractivity contribution is 6.30. The molecule has 3 rings (SSSR count). The molecule has 0 aliphatic carbocycles. The van der Waals surface area contributed by atoms with Crippen LogP contribution in [0.2, 0.25) is 5.02 Å². The first-order valence-corrected chi connectivity index (χ1v) is 9.95. The van der Waals surface area contributed by atoms with E-state index in [-0.39, 0.29) is 23.8 Å². The second-order valence-electron chi connectivity index (χ2n) is 7.11. The number of aliphatic hydroxyl groups excluding tert-OH is 2. The summed E-state index contributed by atoms with van der Waals surface area (Å²) in [5, 5.41) is 23.9. The van der Waals surface area contributed by atoms with E-state index in [1.807, 2.05) is 0 Å². The van der Waals surface area contributed by atoms with Crippen LogP contribution in [0.25, 0.3) is 11.4 Å². The lowest BCUT2D eigenvalue weighted by atomic mass is 9.99. The Morgan fingerprint density at radius 1 is 1.12 bits per heavy atom. The van der Waals surface area contributed by atoms with Crippen molar-refractivity contribution in [2.75, 3.05) is 19.8 Å². The van der Waals surface area contributed by atoms with Gasteiger partial charge in [-0.25, -0.2) is 0 Å². The zero-order valence-corrected chi connectivity index (χ0v) is 18.0. The second kappa shape index (κ2) is 9.77. The van der Waals surface area contributed by atoms with Crippen LogP contribution < -0.4 is 4.74 Å². The van der Waals surface area contributed by atoms with Gasteiger partial charge >= 0.3 is 6.36 Å². The summed E-state index contributed by atoms with van der Waals surface area (Å²) >= 11 is 5.87. The zero-order valence-electron chi connectivity index (χ0n) is 17.2. The molecular weight excluding hydrogens is 467 g/mol. The largest absolute Gasteiger partial charge is 0.573 e.